The van der Waals surface area contributed by atoms with Gasteiger partial charge >= 0.3 is 0 Å². The molecule has 8 nitrogen and oxygen atoms in total. The maximum absolute atomic E-state index is 12.5. The van der Waals surface area contributed by atoms with Crippen LogP contribution in [-0.4, -0.2) is 57.3 Å². The predicted octanol–water partition coefficient (Wildman–Crippen LogP) is 2.29. The smallest absolute Gasteiger partial charge is 0.226 e. The first-order valence-corrected chi connectivity index (χ1v) is 10.1. The zero-order chi connectivity index (χ0) is 18.6. The van der Waals surface area contributed by atoms with Crippen molar-refractivity contribution >= 4 is 11.7 Å². The van der Waals surface area contributed by atoms with Crippen molar-refractivity contribution in [3.63, 3.8) is 0 Å². The average molecular weight is 372 g/mol. The monoisotopic (exact) mass is 372 g/mol. The third-order valence-electron chi connectivity index (χ3n) is 5.32. The molecular formula is C19H28N6O2. The molecule has 2 fully saturated rings. The van der Waals surface area contributed by atoms with E-state index in [-0.39, 0.29) is 5.91 Å². The molecule has 1 aliphatic carbocycles. The van der Waals surface area contributed by atoms with Gasteiger partial charge in [-0.2, -0.15) is 10.1 Å². The second kappa shape index (κ2) is 8.10. The summed E-state index contributed by atoms with van der Waals surface area (Å²) in [5.41, 5.74) is 1.26. The molecular weight excluding hydrogens is 344 g/mol. The lowest BCUT2D eigenvalue weighted by molar-refractivity contribution is -0.131. The van der Waals surface area contributed by atoms with E-state index in [0.29, 0.717) is 24.7 Å². The van der Waals surface area contributed by atoms with Crippen molar-refractivity contribution in [2.24, 2.45) is 0 Å². The molecule has 1 saturated heterocycles. The van der Waals surface area contributed by atoms with Crippen molar-refractivity contribution in [2.45, 2.75) is 57.8 Å². The summed E-state index contributed by atoms with van der Waals surface area (Å²) in [6.07, 6.45) is 6.32. The molecule has 0 radical (unpaired) electrons. The van der Waals surface area contributed by atoms with E-state index >= 15 is 0 Å². The molecule has 0 unspecified atom stereocenters. The summed E-state index contributed by atoms with van der Waals surface area (Å²) < 4.78 is 5.23. The van der Waals surface area contributed by atoms with Gasteiger partial charge in [-0.25, -0.2) is 0 Å². The molecule has 2 aromatic heterocycles. The lowest BCUT2D eigenvalue weighted by atomic mass is 10.2. The van der Waals surface area contributed by atoms with Gasteiger partial charge < -0.3 is 14.3 Å². The number of carbonyl (C=O) groups is 1. The number of hydrogen-bond donors (Lipinski definition) is 1. The number of nitrogens with zero attached hydrogens (tertiary/aromatic N) is 5. The Morgan fingerprint density at radius 1 is 1.26 bits per heavy atom. The number of nitrogens with one attached hydrogen (secondary N) is 1. The number of piperazine rings is 1. The molecule has 27 heavy (non-hydrogen) atoms. The number of H-pyrrole nitrogens is 1. The van der Waals surface area contributed by atoms with Gasteiger partial charge in [-0.1, -0.05) is 12.1 Å². The summed E-state index contributed by atoms with van der Waals surface area (Å²) in [6.45, 7) is 5.28. The van der Waals surface area contributed by atoms with E-state index in [1.54, 1.807) is 0 Å². The summed E-state index contributed by atoms with van der Waals surface area (Å²) in [6, 6.07) is 2.17. The zero-order valence-corrected chi connectivity index (χ0v) is 16.0. The second-order valence-corrected chi connectivity index (χ2v) is 7.53. The van der Waals surface area contributed by atoms with Gasteiger partial charge in [-0.05, 0) is 25.7 Å². The minimum Gasteiger partial charge on any atom is -0.352 e. The van der Waals surface area contributed by atoms with Crippen molar-refractivity contribution in [1.82, 2.24) is 25.2 Å². The number of amides is 1. The number of aromatic amines is 1. The number of aryl methyl sites for hydroxylation is 2. The Morgan fingerprint density at radius 3 is 2.81 bits per heavy atom. The molecule has 1 saturated carbocycles. The fourth-order valence-corrected chi connectivity index (χ4v) is 3.54. The third-order valence-corrected chi connectivity index (χ3v) is 5.32. The highest BCUT2D eigenvalue weighted by atomic mass is 16.5. The van der Waals surface area contributed by atoms with E-state index in [0.717, 1.165) is 57.1 Å². The van der Waals surface area contributed by atoms with Gasteiger partial charge in [0.15, 0.2) is 11.6 Å². The van der Waals surface area contributed by atoms with E-state index in [1.807, 2.05) is 4.90 Å². The molecule has 2 aromatic rings. The van der Waals surface area contributed by atoms with Crippen LogP contribution < -0.4 is 4.90 Å². The highest BCUT2D eigenvalue weighted by molar-refractivity contribution is 5.76. The highest BCUT2D eigenvalue weighted by Crippen LogP contribution is 2.39. The lowest BCUT2D eigenvalue weighted by Crippen LogP contribution is -2.48. The maximum Gasteiger partial charge on any atom is 0.226 e. The first-order chi connectivity index (χ1) is 13.2. The van der Waals surface area contributed by atoms with Gasteiger partial charge in [0.25, 0.3) is 0 Å². The molecule has 0 aromatic carbocycles. The summed E-state index contributed by atoms with van der Waals surface area (Å²) in [5, 5.41) is 11.6. The van der Waals surface area contributed by atoms with Crippen LogP contribution >= 0.6 is 0 Å². The van der Waals surface area contributed by atoms with Gasteiger partial charge in [0.05, 0.1) is 0 Å². The standard InChI is InChI=1S/C19H28N6O2/c1-2-4-16-20-18(27-23-16)5-3-6-19(26)25-11-9-24(10-12-25)17-13-15(21-22-17)14-7-8-14/h13-14H,2-12H2,1H3,(H,21,22). The molecule has 1 aliphatic heterocycles. The molecule has 3 heterocycles. The van der Waals surface area contributed by atoms with Crippen LogP contribution in [0.25, 0.3) is 0 Å². The van der Waals surface area contributed by atoms with Crippen LogP contribution in [0.3, 0.4) is 0 Å². The number of anilines is 1. The van der Waals surface area contributed by atoms with Gasteiger partial charge in [-0.15, -0.1) is 0 Å². The van der Waals surface area contributed by atoms with E-state index in [9.17, 15) is 4.79 Å². The van der Waals surface area contributed by atoms with E-state index < -0.39 is 0 Å². The first-order valence-electron chi connectivity index (χ1n) is 10.1. The van der Waals surface area contributed by atoms with Crippen LogP contribution in [0.15, 0.2) is 10.6 Å². The fourth-order valence-electron chi connectivity index (χ4n) is 3.54. The Bertz CT molecular complexity index is 758. The summed E-state index contributed by atoms with van der Waals surface area (Å²) >= 11 is 0. The Hall–Kier alpha value is -2.38. The molecule has 2 aliphatic rings. The normalized spacial score (nSPS) is 17.5. The van der Waals surface area contributed by atoms with Gasteiger partial charge in [0.1, 0.15) is 0 Å². The Labute approximate surface area is 159 Å². The van der Waals surface area contributed by atoms with Crippen LogP contribution in [0.5, 0.6) is 0 Å². The van der Waals surface area contributed by atoms with Crippen LogP contribution in [0.4, 0.5) is 5.82 Å². The van der Waals surface area contributed by atoms with Crippen molar-refractivity contribution < 1.29 is 9.32 Å². The maximum atomic E-state index is 12.5. The van der Waals surface area contributed by atoms with Crippen LogP contribution in [0, 0.1) is 0 Å². The first kappa shape index (κ1) is 18.0. The summed E-state index contributed by atoms with van der Waals surface area (Å²) in [4.78, 5) is 21.0. The van der Waals surface area contributed by atoms with Crippen molar-refractivity contribution in [1.29, 1.82) is 0 Å². The quantitative estimate of drug-likeness (QED) is 0.764. The van der Waals surface area contributed by atoms with E-state index in [4.69, 9.17) is 4.52 Å². The fraction of sp³-hybridized carbons (Fsp3) is 0.684. The molecule has 0 spiro atoms. The predicted molar refractivity (Wildman–Crippen MR) is 101 cm³/mol. The number of carbonyl (C=O) groups excluding carboxylic acids is 1. The Morgan fingerprint density at radius 2 is 2.07 bits per heavy atom. The lowest BCUT2D eigenvalue weighted by Gasteiger charge is -2.34. The van der Waals surface area contributed by atoms with Crippen molar-refractivity contribution in [3.8, 4) is 0 Å². The Kier molecular flexibility index (Phi) is 5.40. The van der Waals surface area contributed by atoms with E-state index in [1.165, 1.54) is 18.5 Å². The largest absolute Gasteiger partial charge is 0.352 e. The SMILES string of the molecule is CCCc1noc(CCCC(=O)N2CCN(c3cc(C4CC4)[nH]n3)CC2)n1. The zero-order valence-electron chi connectivity index (χ0n) is 16.0. The minimum absolute atomic E-state index is 0.212. The van der Waals surface area contributed by atoms with Crippen LogP contribution in [0.2, 0.25) is 0 Å². The third kappa shape index (κ3) is 4.48. The topological polar surface area (TPSA) is 91.2 Å². The van der Waals surface area contributed by atoms with Gasteiger partial charge in [-0.3, -0.25) is 9.89 Å². The molecule has 8 heteroatoms. The molecule has 1 amide bonds. The molecule has 1 N–H and O–H groups in total. The van der Waals surface area contributed by atoms with Crippen LogP contribution in [0.1, 0.15) is 62.4 Å². The van der Waals surface area contributed by atoms with E-state index in [2.05, 4.69) is 38.2 Å². The van der Waals surface area contributed by atoms with Crippen molar-refractivity contribution in [3.05, 3.63) is 23.5 Å². The molecule has 0 bridgehead atoms. The Balaban J connectivity index is 1.18. The number of hydrogen-bond acceptors (Lipinski definition) is 6. The van der Waals surface area contributed by atoms with Gasteiger partial charge in [0.2, 0.25) is 11.8 Å². The summed E-state index contributed by atoms with van der Waals surface area (Å²) in [5.74, 6) is 3.32. The average Bonchev–Trinajstić information content (AvgIpc) is 3.24. The minimum atomic E-state index is 0.212. The molecule has 4 rings (SSSR count). The molecule has 146 valence electrons. The number of rotatable bonds is 8. The van der Waals surface area contributed by atoms with Crippen molar-refractivity contribution in [2.75, 3.05) is 31.1 Å². The van der Waals surface area contributed by atoms with Gasteiger partial charge in [0, 0.05) is 63.1 Å². The molecule has 0 atom stereocenters. The highest BCUT2D eigenvalue weighted by Gasteiger charge is 2.27. The van der Waals surface area contributed by atoms with Crippen LogP contribution in [-0.2, 0) is 17.6 Å². The summed E-state index contributed by atoms with van der Waals surface area (Å²) in [7, 11) is 0. The number of aromatic nitrogens is 4. The second-order valence-electron chi connectivity index (χ2n) is 7.53.